The van der Waals surface area contributed by atoms with Gasteiger partial charge in [-0.15, -0.1) is 0 Å². The fraction of sp³-hybridized carbons (Fsp3) is 0.643. The molecule has 0 saturated carbocycles. The zero-order chi connectivity index (χ0) is 13.9. The number of nitrogens with one attached hydrogen (secondary N) is 2. The summed E-state index contributed by atoms with van der Waals surface area (Å²) in [6.45, 7) is 5.02. The van der Waals surface area contributed by atoms with Gasteiger partial charge >= 0.3 is 0 Å². The third-order valence-electron chi connectivity index (χ3n) is 4.15. The van der Waals surface area contributed by atoms with Gasteiger partial charge in [0.25, 0.3) is 5.91 Å². The molecule has 0 bridgehead atoms. The van der Waals surface area contributed by atoms with Gasteiger partial charge in [-0.3, -0.25) is 14.7 Å². The second-order valence-corrected chi connectivity index (χ2v) is 5.43. The highest BCUT2D eigenvalue weighted by molar-refractivity contribution is 5.92. The molecule has 3 rings (SSSR count). The molecule has 2 atom stereocenters. The Morgan fingerprint density at radius 2 is 2.30 bits per heavy atom. The molecule has 20 heavy (non-hydrogen) atoms. The predicted molar refractivity (Wildman–Crippen MR) is 76.7 cm³/mol. The van der Waals surface area contributed by atoms with Gasteiger partial charge < -0.3 is 10.6 Å². The molecule has 1 amide bonds. The Labute approximate surface area is 119 Å². The summed E-state index contributed by atoms with van der Waals surface area (Å²) in [6.07, 6.45) is 6.63. The van der Waals surface area contributed by atoms with E-state index in [0.29, 0.717) is 17.6 Å². The molecule has 2 aliphatic heterocycles. The second-order valence-electron chi connectivity index (χ2n) is 5.43. The largest absolute Gasteiger partial charge is 0.369 e. The van der Waals surface area contributed by atoms with Crippen LogP contribution in [0.25, 0.3) is 0 Å². The summed E-state index contributed by atoms with van der Waals surface area (Å²) in [4.78, 5) is 23.1. The minimum Gasteiger partial charge on any atom is -0.369 e. The molecule has 0 aromatic carbocycles. The Hall–Kier alpha value is -1.69. The number of rotatable bonds is 4. The van der Waals surface area contributed by atoms with E-state index in [4.69, 9.17) is 0 Å². The second kappa shape index (κ2) is 5.75. The maximum atomic E-state index is 12.3. The number of nitrogens with zero attached hydrogens (tertiary/aromatic N) is 3. The van der Waals surface area contributed by atoms with Crippen LogP contribution in [0.15, 0.2) is 12.4 Å². The van der Waals surface area contributed by atoms with Crippen molar-refractivity contribution in [1.29, 1.82) is 0 Å². The highest BCUT2D eigenvalue weighted by Crippen LogP contribution is 2.27. The topological polar surface area (TPSA) is 70.2 Å². The van der Waals surface area contributed by atoms with Gasteiger partial charge in [0.15, 0.2) is 0 Å². The van der Waals surface area contributed by atoms with Crippen molar-refractivity contribution >= 4 is 11.7 Å². The molecule has 3 heterocycles. The van der Waals surface area contributed by atoms with Crippen molar-refractivity contribution in [3.8, 4) is 0 Å². The van der Waals surface area contributed by atoms with Crippen LogP contribution in [-0.2, 0) is 0 Å². The highest BCUT2D eigenvalue weighted by Gasteiger charge is 2.37. The zero-order valence-electron chi connectivity index (χ0n) is 11.8. The third-order valence-corrected chi connectivity index (χ3v) is 4.15. The van der Waals surface area contributed by atoms with Crippen molar-refractivity contribution in [1.82, 2.24) is 20.2 Å². The molecule has 0 spiro atoms. The molecule has 108 valence electrons. The summed E-state index contributed by atoms with van der Waals surface area (Å²) in [5.41, 5.74) is 0.389. The summed E-state index contributed by atoms with van der Waals surface area (Å²) in [7, 11) is 0. The lowest BCUT2D eigenvalue weighted by atomic mass is 10.1. The first-order valence-electron chi connectivity index (χ1n) is 7.38. The lowest BCUT2D eigenvalue weighted by Gasteiger charge is -2.21. The van der Waals surface area contributed by atoms with E-state index in [9.17, 15) is 4.79 Å². The summed E-state index contributed by atoms with van der Waals surface area (Å²) in [6, 6.07) is 0.776. The molecule has 2 aliphatic rings. The molecular weight excluding hydrogens is 254 g/mol. The summed E-state index contributed by atoms with van der Waals surface area (Å²) >= 11 is 0. The van der Waals surface area contributed by atoms with Gasteiger partial charge in [0.05, 0.1) is 12.4 Å². The van der Waals surface area contributed by atoms with Crippen LogP contribution in [0.3, 0.4) is 0 Å². The number of hydrogen-bond donors (Lipinski definition) is 2. The van der Waals surface area contributed by atoms with Crippen molar-refractivity contribution in [3.63, 3.8) is 0 Å². The van der Waals surface area contributed by atoms with E-state index in [2.05, 4.69) is 25.5 Å². The molecule has 1 aromatic rings. The molecule has 0 radical (unpaired) electrons. The van der Waals surface area contributed by atoms with E-state index in [0.717, 1.165) is 19.5 Å². The molecule has 6 nitrogen and oxygen atoms in total. The van der Waals surface area contributed by atoms with E-state index in [1.165, 1.54) is 25.6 Å². The summed E-state index contributed by atoms with van der Waals surface area (Å²) in [5.74, 6) is 0.532. The van der Waals surface area contributed by atoms with Gasteiger partial charge in [-0.05, 0) is 32.7 Å². The van der Waals surface area contributed by atoms with Gasteiger partial charge in [0.2, 0.25) is 0 Å². The van der Waals surface area contributed by atoms with Gasteiger partial charge in [-0.1, -0.05) is 0 Å². The Morgan fingerprint density at radius 3 is 3.15 bits per heavy atom. The standard InChI is InChI=1S/C14H21N5O/c1-2-16-13-9-15-8-11(17-13)14(20)18-10-5-7-19-6-3-4-12(10)19/h8-10,12H,2-7H2,1H3,(H,16,17)(H,18,20). The molecular formula is C14H21N5O. The lowest BCUT2D eigenvalue weighted by Crippen LogP contribution is -2.42. The van der Waals surface area contributed by atoms with Gasteiger partial charge in [0, 0.05) is 25.2 Å². The Kier molecular flexibility index (Phi) is 3.82. The van der Waals surface area contributed by atoms with Gasteiger partial charge in [0.1, 0.15) is 11.5 Å². The van der Waals surface area contributed by atoms with E-state index >= 15 is 0 Å². The molecule has 2 fully saturated rings. The molecule has 6 heteroatoms. The molecule has 0 aliphatic carbocycles. The maximum Gasteiger partial charge on any atom is 0.271 e. The smallest absolute Gasteiger partial charge is 0.271 e. The zero-order valence-corrected chi connectivity index (χ0v) is 11.8. The van der Waals surface area contributed by atoms with Crippen LogP contribution in [0.5, 0.6) is 0 Å². The number of amides is 1. The highest BCUT2D eigenvalue weighted by atomic mass is 16.2. The minimum absolute atomic E-state index is 0.115. The van der Waals surface area contributed by atoms with Crippen LogP contribution in [0.2, 0.25) is 0 Å². The van der Waals surface area contributed by atoms with Gasteiger partial charge in [-0.25, -0.2) is 4.98 Å². The summed E-state index contributed by atoms with van der Waals surface area (Å²) < 4.78 is 0. The number of anilines is 1. The quantitative estimate of drug-likeness (QED) is 0.853. The number of aromatic nitrogens is 2. The first kappa shape index (κ1) is 13.3. The average Bonchev–Trinajstić information content (AvgIpc) is 3.04. The fourth-order valence-electron chi connectivity index (χ4n) is 3.23. The molecule has 1 aromatic heterocycles. The van der Waals surface area contributed by atoms with Crippen molar-refractivity contribution in [2.75, 3.05) is 25.0 Å². The molecule has 2 saturated heterocycles. The first-order chi connectivity index (χ1) is 9.78. The van der Waals surface area contributed by atoms with Crippen LogP contribution in [0.4, 0.5) is 5.82 Å². The van der Waals surface area contributed by atoms with Crippen LogP contribution in [-0.4, -0.2) is 52.5 Å². The number of carbonyl (C=O) groups is 1. The molecule has 2 N–H and O–H groups in total. The van der Waals surface area contributed by atoms with E-state index < -0.39 is 0 Å². The van der Waals surface area contributed by atoms with Gasteiger partial charge in [-0.2, -0.15) is 0 Å². The van der Waals surface area contributed by atoms with Crippen LogP contribution in [0.1, 0.15) is 36.7 Å². The average molecular weight is 275 g/mol. The Balaban J connectivity index is 1.65. The number of hydrogen-bond acceptors (Lipinski definition) is 5. The SMILES string of the molecule is CCNc1cncc(C(=O)NC2CCN3CCCC23)n1. The first-order valence-corrected chi connectivity index (χ1v) is 7.38. The maximum absolute atomic E-state index is 12.3. The van der Waals surface area contributed by atoms with Crippen LogP contribution in [0, 0.1) is 0 Å². The van der Waals surface area contributed by atoms with Crippen molar-refractivity contribution in [2.24, 2.45) is 0 Å². The van der Waals surface area contributed by atoms with Crippen molar-refractivity contribution in [3.05, 3.63) is 18.1 Å². The minimum atomic E-state index is -0.115. The predicted octanol–water partition coefficient (Wildman–Crippen LogP) is 0.875. The number of fused-ring (bicyclic) bond motifs is 1. The normalized spacial score (nSPS) is 25.4. The van der Waals surface area contributed by atoms with E-state index in [-0.39, 0.29) is 11.9 Å². The van der Waals surface area contributed by atoms with Crippen LogP contribution < -0.4 is 10.6 Å². The van der Waals surface area contributed by atoms with Crippen LogP contribution >= 0.6 is 0 Å². The monoisotopic (exact) mass is 275 g/mol. The fourth-order valence-corrected chi connectivity index (χ4v) is 3.23. The lowest BCUT2D eigenvalue weighted by molar-refractivity contribution is 0.0924. The third kappa shape index (κ3) is 2.60. The Bertz CT molecular complexity index is 492. The van der Waals surface area contributed by atoms with E-state index in [1.54, 1.807) is 6.20 Å². The Morgan fingerprint density at radius 1 is 1.40 bits per heavy atom. The van der Waals surface area contributed by atoms with Crippen molar-refractivity contribution < 1.29 is 4.79 Å². The van der Waals surface area contributed by atoms with Crippen molar-refractivity contribution in [2.45, 2.75) is 38.3 Å². The van der Waals surface area contributed by atoms with E-state index in [1.807, 2.05) is 6.92 Å². The number of carbonyl (C=O) groups excluding carboxylic acids is 1. The summed E-state index contributed by atoms with van der Waals surface area (Å²) in [5, 5.41) is 6.20. The molecule has 2 unspecified atom stereocenters.